The molecule has 0 saturated heterocycles. The minimum Gasteiger partial charge on any atom is -0.398 e. The summed E-state index contributed by atoms with van der Waals surface area (Å²) in [5.41, 5.74) is 6.96. The van der Waals surface area contributed by atoms with Crippen molar-refractivity contribution < 1.29 is 8.42 Å². The Balaban J connectivity index is 2.20. The van der Waals surface area contributed by atoms with Gasteiger partial charge in [-0.1, -0.05) is 24.3 Å². The smallest absolute Gasteiger partial charge is 0.218 e. The van der Waals surface area contributed by atoms with Crippen molar-refractivity contribution in [1.82, 2.24) is 4.31 Å². The van der Waals surface area contributed by atoms with Crippen molar-refractivity contribution in [2.24, 2.45) is 0 Å². The van der Waals surface area contributed by atoms with Crippen molar-refractivity contribution in [3.05, 3.63) is 52.2 Å². The molecule has 0 fully saturated rings. The van der Waals surface area contributed by atoms with E-state index >= 15 is 0 Å². The Morgan fingerprint density at radius 1 is 1.25 bits per heavy atom. The Bertz CT molecular complexity index is 666. The first-order chi connectivity index (χ1) is 9.42. The zero-order valence-corrected chi connectivity index (χ0v) is 13.1. The fourth-order valence-electron chi connectivity index (χ4n) is 1.91. The van der Waals surface area contributed by atoms with Gasteiger partial charge in [0.2, 0.25) is 10.0 Å². The summed E-state index contributed by atoms with van der Waals surface area (Å²) in [5, 5.41) is 1.95. The van der Waals surface area contributed by atoms with Crippen LogP contribution in [0.1, 0.15) is 23.4 Å². The standard InChI is InChI=1S/C14H18N2O2S2/c1-11(14-8-5-9-19-14)16(2)20(17,18)10-12-6-3-4-7-13(12)15/h3-9,11H,10,15H2,1-2H3. The Labute approximate surface area is 123 Å². The van der Waals surface area contributed by atoms with E-state index in [2.05, 4.69) is 0 Å². The predicted molar refractivity (Wildman–Crippen MR) is 84.0 cm³/mol. The number of anilines is 1. The van der Waals surface area contributed by atoms with Gasteiger partial charge in [0.25, 0.3) is 0 Å². The molecular weight excluding hydrogens is 292 g/mol. The summed E-state index contributed by atoms with van der Waals surface area (Å²) in [5.74, 6) is -0.0775. The van der Waals surface area contributed by atoms with Crippen LogP contribution < -0.4 is 5.73 Å². The second-order valence-electron chi connectivity index (χ2n) is 4.66. The molecule has 1 aromatic carbocycles. The van der Waals surface area contributed by atoms with E-state index in [9.17, 15) is 8.42 Å². The summed E-state index contributed by atoms with van der Waals surface area (Å²) in [6.45, 7) is 1.89. The predicted octanol–water partition coefficient (Wildman–Crippen LogP) is 2.85. The number of benzene rings is 1. The lowest BCUT2D eigenvalue weighted by Gasteiger charge is -2.23. The van der Waals surface area contributed by atoms with Gasteiger partial charge in [0.1, 0.15) is 0 Å². The second kappa shape index (κ2) is 5.95. The minimum absolute atomic E-state index is 0.0775. The van der Waals surface area contributed by atoms with Crippen molar-refractivity contribution >= 4 is 27.0 Å². The maximum absolute atomic E-state index is 12.5. The van der Waals surface area contributed by atoms with Crippen LogP contribution in [0.3, 0.4) is 0 Å². The molecule has 4 nitrogen and oxygen atoms in total. The molecule has 1 aromatic heterocycles. The molecule has 0 amide bonds. The highest BCUT2D eigenvalue weighted by molar-refractivity contribution is 7.88. The molecule has 0 aliphatic rings. The van der Waals surface area contributed by atoms with Crippen LogP contribution in [0, 0.1) is 0 Å². The van der Waals surface area contributed by atoms with Gasteiger partial charge in [-0.3, -0.25) is 0 Å². The zero-order valence-electron chi connectivity index (χ0n) is 11.5. The summed E-state index contributed by atoms with van der Waals surface area (Å²) in [6.07, 6.45) is 0. The van der Waals surface area contributed by atoms with Crippen LogP contribution in [0.4, 0.5) is 5.69 Å². The van der Waals surface area contributed by atoms with E-state index in [0.29, 0.717) is 11.3 Å². The molecule has 0 bridgehead atoms. The highest BCUT2D eigenvalue weighted by atomic mass is 32.2. The van der Waals surface area contributed by atoms with Gasteiger partial charge in [-0.2, -0.15) is 4.31 Å². The first kappa shape index (κ1) is 15.0. The highest BCUT2D eigenvalue weighted by Crippen LogP contribution is 2.27. The normalized spacial score (nSPS) is 13.6. The van der Waals surface area contributed by atoms with Gasteiger partial charge in [0.05, 0.1) is 11.8 Å². The first-order valence-electron chi connectivity index (χ1n) is 6.24. The molecule has 0 aliphatic carbocycles. The van der Waals surface area contributed by atoms with Gasteiger partial charge in [-0.15, -0.1) is 11.3 Å². The third-order valence-electron chi connectivity index (χ3n) is 3.33. The van der Waals surface area contributed by atoms with Crippen molar-refractivity contribution in [1.29, 1.82) is 0 Å². The van der Waals surface area contributed by atoms with Crippen molar-refractivity contribution in [2.75, 3.05) is 12.8 Å². The molecule has 6 heteroatoms. The molecule has 2 N–H and O–H groups in total. The molecule has 1 unspecified atom stereocenters. The lowest BCUT2D eigenvalue weighted by molar-refractivity contribution is 0.402. The van der Waals surface area contributed by atoms with E-state index in [1.165, 1.54) is 4.31 Å². The summed E-state index contributed by atoms with van der Waals surface area (Å²) in [6, 6.07) is 10.7. The fraction of sp³-hybridized carbons (Fsp3) is 0.286. The molecule has 2 aromatic rings. The summed E-state index contributed by atoms with van der Waals surface area (Å²) in [7, 11) is -1.79. The molecule has 2 rings (SSSR count). The minimum atomic E-state index is -3.40. The average Bonchev–Trinajstić information content (AvgIpc) is 2.93. The van der Waals surface area contributed by atoms with Crippen molar-refractivity contribution in [2.45, 2.75) is 18.7 Å². The van der Waals surface area contributed by atoms with Crippen LogP contribution in [0.5, 0.6) is 0 Å². The number of sulfonamides is 1. The second-order valence-corrected chi connectivity index (χ2v) is 7.67. The van der Waals surface area contributed by atoms with E-state index < -0.39 is 10.0 Å². The Morgan fingerprint density at radius 2 is 1.95 bits per heavy atom. The van der Waals surface area contributed by atoms with Gasteiger partial charge >= 0.3 is 0 Å². The maximum Gasteiger partial charge on any atom is 0.218 e. The van der Waals surface area contributed by atoms with Crippen molar-refractivity contribution in [3.63, 3.8) is 0 Å². The lowest BCUT2D eigenvalue weighted by Crippen LogP contribution is -2.30. The third-order valence-corrected chi connectivity index (χ3v) is 6.24. The zero-order chi connectivity index (χ0) is 14.8. The van der Waals surface area contributed by atoms with Crippen LogP contribution in [-0.2, 0) is 15.8 Å². The molecule has 0 spiro atoms. The molecule has 0 radical (unpaired) electrons. The third kappa shape index (κ3) is 3.20. The number of nitrogens with two attached hydrogens (primary N) is 1. The van der Waals surface area contributed by atoms with Crippen LogP contribution in [0.25, 0.3) is 0 Å². The molecule has 1 atom stereocenters. The summed E-state index contributed by atoms with van der Waals surface area (Å²) >= 11 is 1.55. The van der Waals surface area contributed by atoms with Gasteiger partial charge < -0.3 is 5.73 Å². The lowest BCUT2D eigenvalue weighted by atomic mass is 10.2. The van der Waals surface area contributed by atoms with Gasteiger partial charge in [0.15, 0.2) is 0 Å². The quantitative estimate of drug-likeness (QED) is 0.864. The Kier molecular flexibility index (Phi) is 4.47. The average molecular weight is 310 g/mol. The monoisotopic (exact) mass is 310 g/mol. The van der Waals surface area contributed by atoms with Crippen LogP contribution in [0.15, 0.2) is 41.8 Å². The highest BCUT2D eigenvalue weighted by Gasteiger charge is 2.25. The topological polar surface area (TPSA) is 63.4 Å². The Hall–Kier alpha value is -1.37. The van der Waals surface area contributed by atoms with Crippen LogP contribution >= 0.6 is 11.3 Å². The summed E-state index contributed by atoms with van der Waals surface area (Å²) < 4.78 is 26.3. The SMILES string of the molecule is CC(c1cccs1)N(C)S(=O)(=O)Cc1ccccc1N. The Morgan fingerprint density at radius 3 is 2.55 bits per heavy atom. The van der Waals surface area contributed by atoms with E-state index in [4.69, 9.17) is 5.73 Å². The molecule has 108 valence electrons. The molecule has 20 heavy (non-hydrogen) atoms. The van der Waals surface area contributed by atoms with Gasteiger partial charge in [-0.05, 0) is 30.0 Å². The molecular formula is C14H18N2O2S2. The molecule has 0 saturated carbocycles. The van der Waals surface area contributed by atoms with Gasteiger partial charge in [-0.25, -0.2) is 8.42 Å². The largest absolute Gasteiger partial charge is 0.398 e. The van der Waals surface area contributed by atoms with Crippen molar-refractivity contribution in [3.8, 4) is 0 Å². The van der Waals surface area contributed by atoms with E-state index in [0.717, 1.165) is 4.88 Å². The number of para-hydroxylation sites is 1. The van der Waals surface area contributed by atoms with E-state index in [1.54, 1.807) is 42.6 Å². The van der Waals surface area contributed by atoms with E-state index in [-0.39, 0.29) is 11.8 Å². The number of nitrogens with zero attached hydrogens (tertiary/aromatic N) is 1. The fourth-order valence-corrected chi connectivity index (χ4v) is 4.26. The first-order valence-corrected chi connectivity index (χ1v) is 8.73. The van der Waals surface area contributed by atoms with Crippen LogP contribution in [-0.4, -0.2) is 19.8 Å². The number of thiophene rings is 1. The number of hydrogen-bond donors (Lipinski definition) is 1. The summed E-state index contributed by atoms with van der Waals surface area (Å²) in [4.78, 5) is 1.03. The number of rotatable bonds is 5. The number of hydrogen-bond acceptors (Lipinski definition) is 4. The molecule has 1 heterocycles. The van der Waals surface area contributed by atoms with Crippen LogP contribution in [0.2, 0.25) is 0 Å². The van der Waals surface area contributed by atoms with E-state index in [1.807, 2.05) is 24.4 Å². The van der Waals surface area contributed by atoms with Gasteiger partial charge in [0, 0.05) is 17.6 Å². The molecule has 0 aliphatic heterocycles. The maximum atomic E-state index is 12.5. The number of nitrogen functional groups attached to an aromatic ring is 1.